The molecule has 5 N–H and O–H groups in total. The van der Waals surface area contributed by atoms with E-state index in [1.807, 2.05) is 49.4 Å². The number of benzene rings is 2. The van der Waals surface area contributed by atoms with Crippen LogP contribution in [0.2, 0.25) is 5.02 Å². The van der Waals surface area contributed by atoms with Crippen molar-refractivity contribution in [3.8, 4) is 5.69 Å². The summed E-state index contributed by atoms with van der Waals surface area (Å²) >= 11 is 6.36. The Kier molecular flexibility index (Phi) is 5.35. The molecule has 0 aliphatic carbocycles. The third-order valence-electron chi connectivity index (χ3n) is 5.05. The Hall–Kier alpha value is -3.84. The Bertz CT molecular complexity index is 1350. The van der Waals surface area contributed by atoms with Crippen molar-refractivity contribution in [3.63, 3.8) is 0 Å². The van der Waals surface area contributed by atoms with E-state index in [0.29, 0.717) is 27.5 Å². The van der Waals surface area contributed by atoms with Gasteiger partial charge in [0.2, 0.25) is 0 Å². The van der Waals surface area contributed by atoms with Crippen LogP contribution >= 0.6 is 11.6 Å². The number of nitrogen functional groups attached to an aromatic ring is 1. The fraction of sp³-hybridized carbons (Fsp3) is 0.0870. The second kappa shape index (κ2) is 8.12. The van der Waals surface area contributed by atoms with Gasteiger partial charge in [-0.3, -0.25) is 14.2 Å². The van der Waals surface area contributed by atoms with Gasteiger partial charge in [-0.15, -0.1) is 0 Å². The quantitative estimate of drug-likeness (QED) is 0.441. The minimum Gasteiger partial charge on any atom is -0.384 e. The number of primary amides is 1. The van der Waals surface area contributed by atoms with Gasteiger partial charge < -0.3 is 16.8 Å². The van der Waals surface area contributed by atoms with Crippen LogP contribution in [0.4, 0.5) is 11.5 Å². The number of fused-ring (bicyclic) bond motifs is 1. The molecule has 0 fully saturated rings. The lowest BCUT2D eigenvalue weighted by molar-refractivity contribution is 0.100. The second-order valence-electron chi connectivity index (χ2n) is 7.13. The highest BCUT2D eigenvalue weighted by molar-refractivity contribution is 6.35. The summed E-state index contributed by atoms with van der Waals surface area (Å²) in [5.41, 5.74) is 13.1. The maximum absolute atomic E-state index is 13.5. The van der Waals surface area contributed by atoms with E-state index in [2.05, 4.69) is 10.3 Å². The zero-order valence-electron chi connectivity index (χ0n) is 16.7. The molecule has 0 aliphatic rings. The standard InChI is InChI=1S/C23H20ClN5O2/c1-13(28-18-11-20(25)27-12-16(18)22(26)30)19-10-14-6-5-9-17(24)21(14)23(31)29(19)15-7-3-2-4-8-15/h2-13H,1H3,(H2,26,30)(H3,25,27,28)/t13-/m0/s1. The van der Waals surface area contributed by atoms with E-state index in [1.165, 1.54) is 6.20 Å². The molecule has 156 valence electrons. The highest BCUT2D eigenvalue weighted by Gasteiger charge is 2.19. The number of halogens is 1. The van der Waals surface area contributed by atoms with Crippen molar-refractivity contribution in [2.45, 2.75) is 13.0 Å². The van der Waals surface area contributed by atoms with Crippen molar-refractivity contribution >= 4 is 39.8 Å². The average Bonchev–Trinajstić information content (AvgIpc) is 2.74. The summed E-state index contributed by atoms with van der Waals surface area (Å²) in [6, 6.07) is 17.7. The molecule has 31 heavy (non-hydrogen) atoms. The fourth-order valence-electron chi connectivity index (χ4n) is 3.60. The van der Waals surface area contributed by atoms with E-state index in [4.69, 9.17) is 23.1 Å². The number of amides is 1. The van der Waals surface area contributed by atoms with Crippen LogP contribution in [0.25, 0.3) is 16.5 Å². The maximum atomic E-state index is 13.5. The number of carbonyl (C=O) groups excluding carboxylic acids is 1. The highest BCUT2D eigenvalue weighted by Crippen LogP contribution is 2.28. The van der Waals surface area contributed by atoms with Crippen LogP contribution in [0.15, 0.2) is 71.7 Å². The lowest BCUT2D eigenvalue weighted by Crippen LogP contribution is -2.26. The van der Waals surface area contributed by atoms with Crippen molar-refractivity contribution < 1.29 is 4.79 Å². The number of nitrogens with two attached hydrogens (primary N) is 2. The number of rotatable bonds is 5. The van der Waals surface area contributed by atoms with Gasteiger partial charge in [-0.1, -0.05) is 41.9 Å². The molecular formula is C23H20ClN5O2. The number of para-hydroxylation sites is 1. The van der Waals surface area contributed by atoms with Crippen LogP contribution in [0.1, 0.15) is 29.0 Å². The summed E-state index contributed by atoms with van der Waals surface area (Å²) in [7, 11) is 0. The van der Waals surface area contributed by atoms with Gasteiger partial charge in [-0.25, -0.2) is 4.98 Å². The van der Waals surface area contributed by atoms with Gasteiger partial charge >= 0.3 is 0 Å². The van der Waals surface area contributed by atoms with Crippen molar-refractivity contribution in [1.82, 2.24) is 9.55 Å². The number of nitrogens with one attached hydrogen (secondary N) is 1. The Labute approximate surface area is 183 Å². The molecule has 4 aromatic rings. The summed E-state index contributed by atoms with van der Waals surface area (Å²) in [5.74, 6) is -0.390. The number of pyridine rings is 2. The van der Waals surface area contributed by atoms with Crippen LogP contribution in [0, 0.1) is 0 Å². The number of carbonyl (C=O) groups is 1. The van der Waals surface area contributed by atoms with Crippen LogP contribution in [-0.4, -0.2) is 15.5 Å². The van der Waals surface area contributed by atoms with Crippen molar-refractivity contribution in [3.05, 3.63) is 93.5 Å². The van der Waals surface area contributed by atoms with Gasteiger partial charge in [-0.2, -0.15) is 0 Å². The normalized spacial score (nSPS) is 11.9. The molecule has 0 unspecified atom stereocenters. The SMILES string of the molecule is C[C@H](Nc1cc(N)ncc1C(N)=O)c1cc2cccc(Cl)c2c(=O)n1-c1ccccc1. The highest BCUT2D eigenvalue weighted by atomic mass is 35.5. The molecule has 2 heterocycles. The van der Waals surface area contributed by atoms with Crippen molar-refractivity contribution in [2.24, 2.45) is 5.73 Å². The van der Waals surface area contributed by atoms with Gasteiger partial charge in [0, 0.05) is 23.6 Å². The molecule has 0 aliphatic heterocycles. The Morgan fingerprint density at radius 1 is 1.13 bits per heavy atom. The van der Waals surface area contributed by atoms with E-state index in [-0.39, 0.29) is 16.9 Å². The number of anilines is 2. The zero-order chi connectivity index (χ0) is 22.1. The average molecular weight is 434 g/mol. The monoisotopic (exact) mass is 433 g/mol. The first-order chi connectivity index (χ1) is 14.9. The van der Waals surface area contributed by atoms with E-state index >= 15 is 0 Å². The molecule has 4 rings (SSSR count). The second-order valence-corrected chi connectivity index (χ2v) is 7.54. The largest absolute Gasteiger partial charge is 0.384 e. The molecule has 0 saturated carbocycles. The Balaban J connectivity index is 1.92. The molecule has 0 radical (unpaired) electrons. The first-order valence-corrected chi connectivity index (χ1v) is 9.96. The van der Waals surface area contributed by atoms with E-state index in [0.717, 1.165) is 5.39 Å². The van der Waals surface area contributed by atoms with Crippen LogP contribution in [0.3, 0.4) is 0 Å². The maximum Gasteiger partial charge on any atom is 0.264 e. The molecule has 7 nitrogen and oxygen atoms in total. The minimum absolute atomic E-state index is 0.207. The predicted octanol–water partition coefficient (Wildman–Crippen LogP) is 3.89. The third-order valence-corrected chi connectivity index (χ3v) is 5.36. The first-order valence-electron chi connectivity index (χ1n) is 9.58. The van der Waals surface area contributed by atoms with Gasteiger partial charge in [0.25, 0.3) is 11.5 Å². The van der Waals surface area contributed by atoms with E-state index in [1.54, 1.807) is 22.8 Å². The van der Waals surface area contributed by atoms with Crippen LogP contribution in [0.5, 0.6) is 0 Å². The molecular weight excluding hydrogens is 414 g/mol. The summed E-state index contributed by atoms with van der Waals surface area (Å²) in [6.45, 7) is 1.88. The molecule has 0 bridgehead atoms. The first kappa shape index (κ1) is 20.4. The van der Waals surface area contributed by atoms with Gasteiger partial charge in [0.1, 0.15) is 5.82 Å². The van der Waals surface area contributed by atoms with Gasteiger partial charge in [0.05, 0.1) is 27.7 Å². The fourth-order valence-corrected chi connectivity index (χ4v) is 3.86. The lowest BCUT2D eigenvalue weighted by Gasteiger charge is -2.23. The lowest BCUT2D eigenvalue weighted by atomic mass is 10.1. The summed E-state index contributed by atoms with van der Waals surface area (Å²) in [5, 5.41) is 4.80. The Morgan fingerprint density at radius 2 is 1.87 bits per heavy atom. The molecule has 8 heteroatoms. The summed E-state index contributed by atoms with van der Waals surface area (Å²) < 4.78 is 1.61. The van der Waals surface area contributed by atoms with E-state index in [9.17, 15) is 9.59 Å². The topological polar surface area (TPSA) is 116 Å². The smallest absolute Gasteiger partial charge is 0.264 e. The Morgan fingerprint density at radius 3 is 2.58 bits per heavy atom. The number of hydrogen-bond donors (Lipinski definition) is 3. The summed E-state index contributed by atoms with van der Waals surface area (Å²) in [4.78, 5) is 29.3. The van der Waals surface area contributed by atoms with Crippen LogP contribution in [-0.2, 0) is 0 Å². The predicted molar refractivity (Wildman–Crippen MR) is 124 cm³/mol. The van der Waals surface area contributed by atoms with Crippen LogP contribution < -0.4 is 22.3 Å². The zero-order valence-corrected chi connectivity index (χ0v) is 17.4. The molecule has 1 amide bonds. The molecule has 2 aromatic carbocycles. The molecule has 0 spiro atoms. The minimum atomic E-state index is -0.632. The van der Waals surface area contributed by atoms with Crippen molar-refractivity contribution in [2.75, 3.05) is 11.1 Å². The molecule has 0 saturated heterocycles. The van der Waals surface area contributed by atoms with Gasteiger partial charge in [0.15, 0.2) is 0 Å². The number of nitrogens with zero attached hydrogens (tertiary/aromatic N) is 2. The molecule has 2 aromatic heterocycles. The van der Waals surface area contributed by atoms with E-state index < -0.39 is 11.9 Å². The van der Waals surface area contributed by atoms with Crippen molar-refractivity contribution in [1.29, 1.82) is 0 Å². The third kappa shape index (κ3) is 3.83. The number of hydrogen-bond acceptors (Lipinski definition) is 5. The molecule has 1 atom stereocenters. The summed E-state index contributed by atoms with van der Waals surface area (Å²) in [6.07, 6.45) is 1.33. The number of aromatic nitrogens is 2. The van der Waals surface area contributed by atoms with Gasteiger partial charge in [-0.05, 0) is 36.6 Å².